The molecule has 3 rings (SSSR count). The third-order valence-electron chi connectivity index (χ3n) is 15.4. The standard InChI is InChI=1S/C60H94N8O10/c1-17-40(9)33-49(70)66(15)51(38(5)6)54(72)62-45(34-42-26-21-19-22-27-42)56(74)64(13)47(35-43-28-23-20-24-29-43)58(76)68-31-25-30-46(68)53(71)63-50(41(10)18-2)59(77)67(16)52(39(7)8)55(73)61-44(32-37(3)4)57(75)65(14)48(36-69)60(11,12)78/h19-24,26-29,36-41,44-48,50-52,78H,17-18,25,30-35H2,1-16H3,(H,61,73)(H,62,72)(H,63,71)/t40-,41+,44-,45-,46-,47-,48+,50-,51-,52-/m0/s1. The first-order valence-corrected chi connectivity index (χ1v) is 28.0. The molecule has 18 nitrogen and oxygen atoms in total. The Morgan fingerprint density at radius 1 is 0.667 bits per heavy atom. The number of carbonyl (C=O) groups excluding carboxylic acids is 9. The molecule has 0 aromatic heterocycles. The summed E-state index contributed by atoms with van der Waals surface area (Å²) < 4.78 is 0. The number of nitrogens with one attached hydrogen (secondary N) is 3. The fourth-order valence-corrected chi connectivity index (χ4v) is 10.4. The largest absolute Gasteiger partial charge is 0.388 e. The molecular formula is C60H94N8O10. The second kappa shape index (κ2) is 30.3. The fourth-order valence-electron chi connectivity index (χ4n) is 10.4. The van der Waals surface area contributed by atoms with Crippen molar-refractivity contribution in [3.63, 3.8) is 0 Å². The average Bonchev–Trinajstić information content (AvgIpc) is 3.89. The van der Waals surface area contributed by atoms with Gasteiger partial charge in [0.05, 0.1) is 5.60 Å². The highest BCUT2D eigenvalue weighted by Crippen LogP contribution is 2.25. The fraction of sp³-hybridized carbons (Fsp3) is 0.650. The van der Waals surface area contributed by atoms with Gasteiger partial charge in [-0.2, -0.15) is 0 Å². The number of aldehydes is 1. The predicted octanol–water partition coefficient (Wildman–Crippen LogP) is 5.04. The number of hydrogen-bond acceptors (Lipinski definition) is 10. The molecule has 0 unspecified atom stereocenters. The van der Waals surface area contributed by atoms with Gasteiger partial charge < -0.3 is 50.4 Å². The zero-order chi connectivity index (χ0) is 58.9. The number of amides is 8. The predicted molar refractivity (Wildman–Crippen MR) is 302 cm³/mol. The van der Waals surface area contributed by atoms with Crippen LogP contribution in [0.1, 0.15) is 133 Å². The first-order chi connectivity index (χ1) is 36.5. The Morgan fingerprint density at radius 2 is 1.17 bits per heavy atom. The molecule has 2 aromatic rings. The lowest BCUT2D eigenvalue weighted by Gasteiger charge is -2.38. The van der Waals surface area contributed by atoms with Crippen molar-refractivity contribution < 1.29 is 48.3 Å². The van der Waals surface area contributed by atoms with E-state index in [0.717, 1.165) is 22.4 Å². The number of aliphatic hydroxyl groups is 1. The van der Waals surface area contributed by atoms with Gasteiger partial charge in [0.2, 0.25) is 47.3 Å². The van der Waals surface area contributed by atoms with Gasteiger partial charge in [0.25, 0.3) is 0 Å². The number of rotatable bonds is 29. The average molecular weight is 1090 g/mol. The lowest BCUT2D eigenvalue weighted by Crippen LogP contribution is -2.62. The van der Waals surface area contributed by atoms with Crippen LogP contribution in [0, 0.1) is 29.6 Å². The maximum absolute atomic E-state index is 15.2. The lowest BCUT2D eigenvalue weighted by molar-refractivity contribution is -0.150. The molecule has 4 N–H and O–H groups in total. The molecule has 0 bridgehead atoms. The van der Waals surface area contributed by atoms with Crippen LogP contribution in [0.25, 0.3) is 0 Å². The quantitative estimate of drug-likeness (QED) is 0.0795. The van der Waals surface area contributed by atoms with E-state index < -0.39 is 107 Å². The van der Waals surface area contributed by atoms with Crippen molar-refractivity contribution in [2.45, 2.75) is 188 Å². The molecule has 1 saturated heterocycles. The van der Waals surface area contributed by atoms with Gasteiger partial charge in [0.1, 0.15) is 54.6 Å². The van der Waals surface area contributed by atoms with E-state index in [4.69, 9.17) is 0 Å². The van der Waals surface area contributed by atoms with E-state index in [1.165, 1.54) is 54.6 Å². The minimum atomic E-state index is -1.57. The van der Waals surface area contributed by atoms with E-state index in [-0.39, 0.29) is 62.3 Å². The summed E-state index contributed by atoms with van der Waals surface area (Å²) in [5.74, 6) is -5.22. The first kappa shape index (κ1) is 66.1. The molecule has 0 saturated carbocycles. The van der Waals surface area contributed by atoms with Crippen molar-refractivity contribution in [2.75, 3.05) is 34.7 Å². The third kappa shape index (κ3) is 17.9. The summed E-state index contributed by atoms with van der Waals surface area (Å²) in [6.07, 6.45) is 3.10. The van der Waals surface area contributed by atoms with Crippen molar-refractivity contribution in [1.82, 2.24) is 40.4 Å². The molecule has 78 heavy (non-hydrogen) atoms. The molecule has 1 heterocycles. The number of likely N-dealkylation sites (tertiary alicyclic amines) is 1. The molecule has 1 fully saturated rings. The van der Waals surface area contributed by atoms with Crippen molar-refractivity contribution in [3.05, 3.63) is 71.8 Å². The summed E-state index contributed by atoms with van der Waals surface area (Å²) in [5, 5.41) is 19.5. The molecule has 0 spiro atoms. The monoisotopic (exact) mass is 1090 g/mol. The molecule has 10 atom stereocenters. The van der Waals surface area contributed by atoms with Gasteiger partial charge in [-0.25, -0.2) is 0 Å². The maximum atomic E-state index is 15.2. The Bertz CT molecular complexity index is 2320. The number of hydrogen-bond donors (Lipinski definition) is 4. The highest BCUT2D eigenvalue weighted by molar-refractivity contribution is 5.98. The van der Waals surface area contributed by atoms with Crippen molar-refractivity contribution in [1.29, 1.82) is 0 Å². The molecule has 1 aliphatic rings. The second-order valence-corrected chi connectivity index (χ2v) is 23.4. The van der Waals surface area contributed by atoms with E-state index in [0.29, 0.717) is 19.1 Å². The highest BCUT2D eigenvalue weighted by Gasteiger charge is 2.45. The number of nitrogens with zero attached hydrogens (tertiary/aromatic N) is 5. The van der Waals surface area contributed by atoms with Crippen LogP contribution in [0.5, 0.6) is 0 Å². The Balaban J connectivity index is 2.00. The smallest absolute Gasteiger partial charge is 0.246 e. The molecule has 2 aromatic carbocycles. The van der Waals surface area contributed by atoms with Gasteiger partial charge in [-0.1, -0.05) is 143 Å². The van der Waals surface area contributed by atoms with E-state index in [9.17, 15) is 38.7 Å². The van der Waals surface area contributed by atoms with Crippen molar-refractivity contribution in [3.8, 4) is 0 Å². The molecule has 0 aliphatic carbocycles. The second-order valence-electron chi connectivity index (χ2n) is 23.4. The zero-order valence-corrected chi connectivity index (χ0v) is 49.6. The summed E-state index contributed by atoms with van der Waals surface area (Å²) >= 11 is 0. The molecular weight excluding hydrogens is 993 g/mol. The minimum Gasteiger partial charge on any atom is -0.388 e. The normalized spacial score (nSPS) is 17.1. The van der Waals surface area contributed by atoms with Gasteiger partial charge >= 0.3 is 0 Å². The van der Waals surface area contributed by atoms with Crippen LogP contribution < -0.4 is 16.0 Å². The molecule has 18 heteroatoms. The van der Waals surface area contributed by atoms with Crippen LogP contribution in [0.3, 0.4) is 0 Å². The summed E-state index contributed by atoms with van der Waals surface area (Å²) in [6, 6.07) is 9.66. The summed E-state index contributed by atoms with van der Waals surface area (Å²) in [5.41, 5.74) is -0.0560. The Morgan fingerprint density at radius 3 is 1.64 bits per heavy atom. The molecule has 0 radical (unpaired) electrons. The Labute approximate surface area is 465 Å². The van der Waals surface area contributed by atoms with Gasteiger partial charge in [-0.3, -0.25) is 38.4 Å². The number of likely N-dealkylation sites (N-methyl/N-ethyl adjacent to an activating group) is 4. The lowest BCUT2D eigenvalue weighted by atomic mass is 9.94. The van der Waals surface area contributed by atoms with Gasteiger partial charge in [0.15, 0.2) is 0 Å². The molecule has 8 amide bonds. The van der Waals surface area contributed by atoms with Gasteiger partial charge in [-0.05, 0) is 73.8 Å². The topological polar surface area (TPSA) is 226 Å². The number of benzene rings is 2. The zero-order valence-electron chi connectivity index (χ0n) is 49.6. The molecule has 1 aliphatic heterocycles. The van der Waals surface area contributed by atoms with E-state index in [1.807, 2.05) is 116 Å². The van der Waals surface area contributed by atoms with E-state index in [2.05, 4.69) is 16.0 Å². The Kier molecular flexibility index (Phi) is 25.7. The van der Waals surface area contributed by atoms with Crippen LogP contribution in [0.15, 0.2) is 60.7 Å². The first-order valence-electron chi connectivity index (χ1n) is 28.0. The molecule has 434 valence electrons. The summed E-state index contributed by atoms with van der Waals surface area (Å²) in [4.78, 5) is 135. The summed E-state index contributed by atoms with van der Waals surface area (Å²) in [6.45, 7) is 21.7. The van der Waals surface area contributed by atoms with Crippen LogP contribution in [-0.4, -0.2) is 172 Å². The van der Waals surface area contributed by atoms with Crippen molar-refractivity contribution >= 4 is 53.5 Å². The number of carbonyl (C=O) groups is 9. The van der Waals surface area contributed by atoms with Crippen LogP contribution in [-0.2, 0) is 56.0 Å². The highest BCUT2D eigenvalue weighted by atomic mass is 16.3. The Hall–Kier alpha value is -6.17. The van der Waals surface area contributed by atoms with E-state index >= 15 is 9.59 Å². The van der Waals surface area contributed by atoms with Crippen LogP contribution >= 0.6 is 0 Å². The maximum Gasteiger partial charge on any atom is 0.246 e. The van der Waals surface area contributed by atoms with Crippen LogP contribution in [0.2, 0.25) is 0 Å². The third-order valence-corrected chi connectivity index (χ3v) is 15.4. The van der Waals surface area contributed by atoms with Crippen molar-refractivity contribution in [2.24, 2.45) is 29.6 Å². The van der Waals surface area contributed by atoms with Gasteiger partial charge in [-0.15, -0.1) is 0 Å². The van der Waals surface area contributed by atoms with Crippen LogP contribution in [0.4, 0.5) is 0 Å². The minimum absolute atomic E-state index is 0.0692. The van der Waals surface area contributed by atoms with E-state index in [1.54, 1.807) is 20.9 Å². The van der Waals surface area contributed by atoms with Gasteiger partial charge in [0, 0.05) is 54.0 Å². The summed E-state index contributed by atoms with van der Waals surface area (Å²) in [7, 11) is 6.00. The SMILES string of the molecule is CC[C@H](C)CC(=O)N(C)[C@H](C(=O)N[C@@H](Cc1ccccc1)C(=O)N(C)[C@@H](Cc1ccccc1)C(=O)N1CCC[C@H]1C(=O)N[C@H](C(=O)N(C)[C@H](C(=O)N[C@@H](CC(C)C)C(=O)N(C)[C@H](C=O)C(C)(C)O)C(C)C)[C@H](C)CC)C(C)C.